The summed E-state index contributed by atoms with van der Waals surface area (Å²) in [6, 6.07) is 0. The van der Waals surface area contributed by atoms with Crippen LogP contribution in [0.4, 0.5) is 0 Å². The number of nitrogens with one attached hydrogen (secondary N) is 1. The van der Waals surface area contributed by atoms with Gasteiger partial charge >= 0.3 is 0 Å². The summed E-state index contributed by atoms with van der Waals surface area (Å²) in [6.07, 6.45) is 6.34. The second-order valence-electron chi connectivity index (χ2n) is 7.39. The summed E-state index contributed by atoms with van der Waals surface area (Å²) >= 11 is 0. The smallest absolute Gasteiger partial charge is 0.219 e. The Kier molecular flexibility index (Phi) is 7.58. The first-order valence-corrected chi connectivity index (χ1v) is 7.43. The van der Waals surface area contributed by atoms with Gasteiger partial charge in [-0.2, -0.15) is 0 Å². The Morgan fingerprint density at radius 3 is 2.11 bits per heavy atom. The minimum atomic E-state index is 0.216. The van der Waals surface area contributed by atoms with Crippen LogP contribution in [0.15, 0.2) is 0 Å². The molecule has 0 bridgehead atoms. The molecule has 0 unspecified atom stereocenters. The molecule has 0 rings (SSSR count). The van der Waals surface area contributed by atoms with Gasteiger partial charge in [-0.25, -0.2) is 0 Å². The Bertz CT molecular complexity index is 238. The lowest BCUT2D eigenvalue weighted by Gasteiger charge is -2.22. The van der Waals surface area contributed by atoms with Crippen LogP contribution in [0.2, 0.25) is 0 Å². The van der Waals surface area contributed by atoms with E-state index < -0.39 is 0 Å². The van der Waals surface area contributed by atoms with Gasteiger partial charge in [0.05, 0.1) is 0 Å². The van der Waals surface area contributed by atoms with Gasteiger partial charge in [0.1, 0.15) is 0 Å². The highest BCUT2D eigenvalue weighted by molar-refractivity contribution is 5.75. The molecule has 0 aliphatic rings. The second kappa shape index (κ2) is 7.81. The summed E-state index contributed by atoms with van der Waals surface area (Å²) in [5.41, 5.74) is 0.737. The van der Waals surface area contributed by atoms with E-state index in [1.54, 1.807) is 0 Å². The Labute approximate surface area is 114 Å². The summed E-state index contributed by atoms with van der Waals surface area (Å²) in [5, 5.41) is 3.01. The highest BCUT2D eigenvalue weighted by Crippen LogP contribution is 2.26. The Balaban J connectivity index is 3.55. The average Bonchev–Trinajstić information content (AvgIpc) is 2.23. The number of carbonyl (C=O) groups excluding carboxylic acids is 1. The van der Waals surface area contributed by atoms with E-state index in [4.69, 9.17) is 0 Å². The minimum Gasteiger partial charge on any atom is -0.356 e. The fourth-order valence-corrected chi connectivity index (χ4v) is 1.73. The zero-order valence-corrected chi connectivity index (χ0v) is 13.4. The van der Waals surface area contributed by atoms with E-state index in [9.17, 15) is 4.79 Å². The van der Waals surface area contributed by atoms with Crippen LogP contribution >= 0.6 is 0 Å². The van der Waals surface area contributed by atoms with Gasteiger partial charge in [0, 0.05) is 13.0 Å². The highest BCUT2D eigenvalue weighted by atomic mass is 16.1. The maximum atomic E-state index is 11.6. The van der Waals surface area contributed by atoms with Crippen molar-refractivity contribution in [3.63, 3.8) is 0 Å². The second-order valence-corrected chi connectivity index (χ2v) is 7.39. The third-order valence-electron chi connectivity index (χ3n) is 3.66. The van der Waals surface area contributed by atoms with Crippen LogP contribution in [0, 0.1) is 10.8 Å². The molecule has 0 heterocycles. The quantitative estimate of drug-likeness (QED) is 0.634. The maximum Gasteiger partial charge on any atom is 0.219 e. The van der Waals surface area contributed by atoms with Gasteiger partial charge in [-0.1, -0.05) is 54.4 Å². The first-order chi connectivity index (χ1) is 8.16. The monoisotopic (exact) mass is 255 g/mol. The van der Waals surface area contributed by atoms with E-state index in [1.165, 1.54) is 12.8 Å². The number of rotatable bonds is 8. The van der Waals surface area contributed by atoms with Crippen LogP contribution in [-0.4, -0.2) is 12.5 Å². The van der Waals surface area contributed by atoms with Gasteiger partial charge < -0.3 is 5.32 Å². The molecule has 0 fully saturated rings. The molecular weight excluding hydrogens is 222 g/mol. The van der Waals surface area contributed by atoms with Gasteiger partial charge in [-0.3, -0.25) is 4.79 Å². The van der Waals surface area contributed by atoms with E-state index >= 15 is 0 Å². The van der Waals surface area contributed by atoms with E-state index in [1.807, 2.05) is 0 Å². The van der Waals surface area contributed by atoms with Gasteiger partial charge in [0.2, 0.25) is 5.91 Å². The normalized spacial score (nSPS) is 12.6. The Morgan fingerprint density at radius 2 is 1.61 bits per heavy atom. The maximum absolute atomic E-state index is 11.6. The van der Waals surface area contributed by atoms with Crippen molar-refractivity contribution in [3.8, 4) is 0 Å². The summed E-state index contributed by atoms with van der Waals surface area (Å²) in [4.78, 5) is 11.6. The molecule has 1 N–H and O–H groups in total. The summed E-state index contributed by atoms with van der Waals surface area (Å²) < 4.78 is 0. The third-order valence-corrected chi connectivity index (χ3v) is 3.66. The zero-order chi connectivity index (χ0) is 14.2. The molecule has 0 aromatic rings. The fraction of sp³-hybridized carbons (Fsp3) is 0.938. The number of hydrogen-bond acceptors (Lipinski definition) is 1. The SMILES string of the molecule is CCC(C)(C)CCCCC(=O)NCCC(C)(C)C. The lowest BCUT2D eigenvalue weighted by atomic mass is 9.84. The minimum absolute atomic E-state index is 0.216. The first kappa shape index (κ1) is 17.5. The van der Waals surface area contributed by atoms with Crippen molar-refractivity contribution in [1.82, 2.24) is 5.32 Å². The molecule has 0 aromatic heterocycles. The van der Waals surface area contributed by atoms with E-state index in [0.29, 0.717) is 17.3 Å². The van der Waals surface area contributed by atoms with Crippen molar-refractivity contribution in [1.29, 1.82) is 0 Å². The fourth-order valence-electron chi connectivity index (χ4n) is 1.73. The summed E-state index contributed by atoms with van der Waals surface area (Å²) in [7, 11) is 0. The van der Waals surface area contributed by atoms with Crippen molar-refractivity contribution in [2.45, 2.75) is 80.1 Å². The number of unbranched alkanes of at least 4 members (excludes halogenated alkanes) is 1. The molecule has 0 spiro atoms. The molecule has 0 aliphatic heterocycles. The van der Waals surface area contributed by atoms with Crippen LogP contribution < -0.4 is 5.32 Å². The third kappa shape index (κ3) is 10.6. The standard InChI is InChI=1S/C16H33NO/c1-7-16(5,6)11-9-8-10-14(18)17-13-12-15(2,3)4/h7-13H2,1-6H3,(H,17,18). The number of hydrogen-bond donors (Lipinski definition) is 1. The van der Waals surface area contributed by atoms with Gasteiger partial charge in [-0.15, -0.1) is 0 Å². The van der Waals surface area contributed by atoms with Crippen LogP contribution in [0.25, 0.3) is 0 Å². The molecule has 0 saturated heterocycles. The molecule has 2 heteroatoms. The predicted molar refractivity (Wildman–Crippen MR) is 79.6 cm³/mol. The van der Waals surface area contributed by atoms with Gasteiger partial charge in [0.25, 0.3) is 0 Å². The average molecular weight is 255 g/mol. The van der Waals surface area contributed by atoms with E-state index in [2.05, 4.69) is 46.9 Å². The number of carbonyl (C=O) groups is 1. The van der Waals surface area contributed by atoms with Gasteiger partial charge in [-0.05, 0) is 30.1 Å². The highest BCUT2D eigenvalue weighted by Gasteiger charge is 2.14. The topological polar surface area (TPSA) is 29.1 Å². The largest absolute Gasteiger partial charge is 0.356 e. The van der Waals surface area contributed by atoms with Crippen LogP contribution in [0.5, 0.6) is 0 Å². The molecule has 0 atom stereocenters. The van der Waals surface area contributed by atoms with Crippen molar-refractivity contribution in [2.24, 2.45) is 10.8 Å². The Hall–Kier alpha value is -0.530. The van der Waals surface area contributed by atoms with Crippen molar-refractivity contribution in [2.75, 3.05) is 6.54 Å². The van der Waals surface area contributed by atoms with Crippen molar-refractivity contribution < 1.29 is 4.79 Å². The molecule has 1 amide bonds. The predicted octanol–water partition coefficient (Wildman–Crippen LogP) is 4.54. The van der Waals surface area contributed by atoms with Crippen LogP contribution in [0.1, 0.15) is 80.1 Å². The lowest BCUT2D eigenvalue weighted by molar-refractivity contribution is -0.121. The summed E-state index contributed by atoms with van der Waals surface area (Å²) in [5.74, 6) is 0.216. The van der Waals surface area contributed by atoms with Crippen molar-refractivity contribution >= 4 is 5.91 Å². The molecule has 0 radical (unpaired) electrons. The summed E-state index contributed by atoms with van der Waals surface area (Å²) in [6.45, 7) is 14.2. The van der Waals surface area contributed by atoms with E-state index in [-0.39, 0.29) is 5.91 Å². The Morgan fingerprint density at radius 1 is 1.00 bits per heavy atom. The van der Waals surface area contributed by atoms with E-state index in [0.717, 1.165) is 25.8 Å². The molecule has 0 aliphatic carbocycles. The van der Waals surface area contributed by atoms with Crippen LogP contribution in [-0.2, 0) is 4.79 Å². The molecule has 0 saturated carbocycles. The van der Waals surface area contributed by atoms with Crippen molar-refractivity contribution in [3.05, 3.63) is 0 Å². The van der Waals surface area contributed by atoms with Crippen LogP contribution in [0.3, 0.4) is 0 Å². The molecule has 18 heavy (non-hydrogen) atoms. The molecule has 108 valence electrons. The molecule has 0 aromatic carbocycles. The van der Waals surface area contributed by atoms with Gasteiger partial charge in [0.15, 0.2) is 0 Å². The molecular formula is C16H33NO. The lowest BCUT2D eigenvalue weighted by Crippen LogP contribution is -2.27. The first-order valence-electron chi connectivity index (χ1n) is 7.43. The zero-order valence-electron chi connectivity index (χ0n) is 13.4. The molecule has 2 nitrogen and oxygen atoms in total. The number of amides is 1.